The van der Waals surface area contributed by atoms with Gasteiger partial charge in [0, 0.05) is 47.2 Å². The normalized spacial score (nSPS) is 14.4. The van der Waals surface area contributed by atoms with E-state index < -0.39 is 6.04 Å². The van der Waals surface area contributed by atoms with Gasteiger partial charge in [-0.15, -0.1) is 11.8 Å². The Balaban J connectivity index is 1.37. The zero-order valence-electron chi connectivity index (χ0n) is 24.8. The van der Waals surface area contributed by atoms with E-state index in [1.54, 1.807) is 43.1 Å². The molecule has 0 saturated carbocycles. The smallest absolute Gasteiger partial charge is 0.293 e. The quantitative estimate of drug-likeness (QED) is 0.237. The molecule has 1 aliphatic heterocycles. The second-order valence-corrected chi connectivity index (χ2v) is 12.3. The lowest BCUT2D eigenvalue weighted by molar-refractivity contribution is -0.116. The first-order valence-corrected chi connectivity index (χ1v) is 15.0. The number of anilines is 4. The van der Waals surface area contributed by atoms with E-state index in [0.29, 0.717) is 34.1 Å². The fraction of sp³-hybridized carbons (Fsp3) is 0.242. The van der Waals surface area contributed by atoms with Crippen LogP contribution in [0, 0.1) is 6.92 Å². The molecule has 43 heavy (non-hydrogen) atoms. The molecule has 0 radical (unpaired) electrons. The summed E-state index contributed by atoms with van der Waals surface area (Å²) >= 11 is 1.50. The third-order valence-electron chi connectivity index (χ3n) is 7.21. The van der Waals surface area contributed by atoms with E-state index in [1.165, 1.54) is 16.3 Å². The molecule has 1 atom stereocenters. The predicted molar refractivity (Wildman–Crippen MR) is 176 cm³/mol. The van der Waals surface area contributed by atoms with Crippen molar-refractivity contribution in [3.8, 4) is 11.3 Å². The number of benzene rings is 3. The fourth-order valence-corrected chi connectivity index (χ4v) is 5.39. The van der Waals surface area contributed by atoms with Crippen LogP contribution >= 0.6 is 11.8 Å². The molecule has 220 valence electrons. The van der Waals surface area contributed by atoms with Gasteiger partial charge in [0.05, 0.1) is 11.2 Å². The lowest BCUT2D eigenvalue weighted by Gasteiger charge is -2.19. The van der Waals surface area contributed by atoms with Crippen LogP contribution in [0.4, 0.5) is 22.9 Å². The molecule has 2 heterocycles. The zero-order valence-corrected chi connectivity index (χ0v) is 25.6. The summed E-state index contributed by atoms with van der Waals surface area (Å²) in [6, 6.07) is 19.9. The molecule has 0 bridgehead atoms. The predicted octanol–water partition coefficient (Wildman–Crippen LogP) is 6.13. The molecule has 0 saturated heterocycles. The average molecular weight is 595 g/mol. The molecule has 9 nitrogen and oxygen atoms in total. The SMILES string of the molecule is Cc1c(NC(=O)c2ccc(C(C)(C)C)cc2)cccc1-c1cn(C)c(=O)c(Nc2cccc(NC(=O)C3CSC=N3)c2)n1. The minimum absolute atomic E-state index is 0.00100. The summed E-state index contributed by atoms with van der Waals surface area (Å²) in [5, 5.41) is 9.01. The molecule has 3 aromatic carbocycles. The number of nitrogens with zero attached hydrogens (tertiary/aromatic N) is 3. The molecule has 1 aromatic heterocycles. The molecule has 2 amide bonds. The van der Waals surface area contributed by atoms with Crippen LogP contribution in [0.1, 0.15) is 42.3 Å². The molecule has 0 spiro atoms. The molecule has 5 rings (SSSR count). The number of thioether (sulfide) groups is 1. The van der Waals surface area contributed by atoms with Gasteiger partial charge in [-0.1, -0.05) is 51.1 Å². The van der Waals surface area contributed by atoms with Crippen LogP contribution < -0.4 is 21.5 Å². The maximum Gasteiger partial charge on any atom is 0.293 e. The Labute approximate surface area is 254 Å². The number of amides is 2. The highest BCUT2D eigenvalue weighted by Crippen LogP contribution is 2.29. The Hall–Kier alpha value is -4.70. The lowest BCUT2D eigenvalue weighted by atomic mass is 9.86. The monoisotopic (exact) mass is 594 g/mol. The van der Waals surface area contributed by atoms with E-state index in [4.69, 9.17) is 0 Å². The van der Waals surface area contributed by atoms with Crippen LogP contribution in [0.3, 0.4) is 0 Å². The largest absolute Gasteiger partial charge is 0.336 e. The maximum atomic E-state index is 13.1. The first-order chi connectivity index (χ1) is 20.5. The highest BCUT2D eigenvalue weighted by Gasteiger charge is 2.21. The van der Waals surface area contributed by atoms with Gasteiger partial charge in [0.1, 0.15) is 6.04 Å². The zero-order chi connectivity index (χ0) is 30.7. The van der Waals surface area contributed by atoms with Gasteiger partial charge in [-0.3, -0.25) is 19.4 Å². The lowest BCUT2D eigenvalue weighted by Crippen LogP contribution is -2.26. The Bertz CT molecular complexity index is 1770. The molecule has 4 aromatic rings. The van der Waals surface area contributed by atoms with E-state index >= 15 is 0 Å². The minimum atomic E-state index is -0.412. The Morgan fingerprint density at radius 3 is 2.40 bits per heavy atom. The summed E-state index contributed by atoms with van der Waals surface area (Å²) in [7, 11) is 1.66. The number of nitrogens with one attached hydrogen (secondary N) is 3. The van der Waals surface area contributed by atoms with E-state index in [-0.39, 0.29) is 28.6 Å². The second-order valence-electron chi connectivity index (χ2n) is 11.4. The van der Waals surface area contributed by atoms with Gasteiger partial charge in [0.2, 0.25) is 5.91 Å². The van der Waals surface area contributed by atoms with Gasteiger partial charge in [-0.25, -0.2) is 4.98 Å². The first-order valence-electron chi connectivity index (χ1n) is 13.9. The van der Waals surface area contributed by atoms with E-state index in [9.17, 15) is 14.4 Å². The summed E-state index contributed by atoms with van der Waals surface area (Å²) in [5.41, 5.74) is 7.09. The minimum Gasteiger partial charge on any atom is -0.336 e. The van der Waals surface area contributed by atoms with Crippen molar-refractivity contribution in [2.75, 3.05) is 21.7 Å². The summed E-state index contributed by atoms with van der Waals surface area (Å²) in [4.78, 5) is 47.4. The van der Waals surface area contributed by atoms with E-state index in [1.807, 2.05) is 49.4 Å². The summed E-state index contributed by atoms with van der Waals surface area (Å²) in [6.45, 7) is 8.31. The van der Waals surface area contributed by atoms with Gasteiger partial charge < -0.3 is 20.5 Å². The Morgan fingerprint density at radius 1 is 0.977 bits per heavy atom. The van der Waals surface area contributed by atoms with Crippen LogP contribution in [0.15, 0.2) is 82.7 Å². The maximum absolute atomic E-state index is 13.1. The Kier molecular flexibility index (Phi) is 8.50. The van der Waals surface area contributed by atoms with Gasteiger partial charge >= 0.3 is 0 Å². The summed E-state index contributed by atoms with van der Waals surface area (Å²) in [5.74, 6) is 0.361. The highest BCUT2D eigenvalue weighted by atomic mass is 32.2. The first kappa shape index (κ1) is 29.8. The van der Waals surface area contributed by atoms with Crippen molar-refractivity contribution in [3.63, 3.8) is 0 Å². The molecule has 0 fully saturated rings. The van der Waals surface area contributed by atoms with Crippen LogP contribution in [-0.4, -0.2) is 38.7 Å². The second kappa shape index (κ2) is 12.3. The molecular formula is C33H34N6O3S. The Morgan fingerprint density at radius 2 is 1.70 bits per heavy atom. The van der Waals surface area contributed by atoms with Gasteiger partial charge in [0.25, 0.3) is 11.5 Å². The van der Waals surface area contributed by atoms with Gasteiger partial charge in [-0.05, 0) is 59.9 Å². The summed E-state index contributed by atoms with van der Waals surface area (Å²) in [6.07, 6.45) is 1.67. The topological polar surface area (TPSA) is 117 Å². The standard InChI is InChI=1S/C33H34N6O3S/c1-20-25(10-7-11-26(20)38-30(40)21-12-14-22(15-13-21)33(2,3)4)27-17-39(5)32(42)29(37-27)35-23-8-6-9-24(16-23)36-31(41)28-18-43-19-34-28/h6-17,19,28H,18H2,1-5H3,(H,35,37)(H,36,41)(H,38,40). The van der Waals surface area contributed by atoms with Crippen LogP contribution in [-0.2, 0) is 17.3 Å². The van der Waals surface area contributed by atoms with Crippen LogP contribution in [0.25, 0.3) is 11.3 Å². The van der Waals surface area contributed by atoms with Crippen LogP contribution in [0.5, 0.6) is 0 Å². The number of carbonyl (C=O) groups is 2. The number of hydrogen-bond acceptors (Lipinski definition) is 7. The fourth-order valence-electron chi connectivity index (χ4n) is 4.66. The van der Waals surface area contributed by atoms with Crippen molar-refractivity contribution in [3.05, 3.63) is 100.0 Å². The molecule has 3 N–H and O–H groups in total. The number of carbonyl (C=O) groups excluding carboxylic acids is 2. The average Bonchev–Trinajstić information content (AvgIpc) is 3.52. The van der Waals surface area contributed by atoms with Gasteiger partial charge in [0.15, 0.2) is 5.82 Å². The van der Waals surface area contributed by atoms with Crippen molar-refractivity contribution in [2.45, 2.75) is 39.2 Å². The van der Waals surface area contributed by atoms with Crippen LogP contribution in [0.2, 0.25) is 0 Å². The number of aryl methyl sites for hydroxylation is 1. The molecule has 1 aliphatic rings. The van der Waals surface area contributed by atoms with E-state index in [2.05, 4.69) is 46.7 Å². The number of hydrogen-bond donors (Lipinski definition) is 3. The van der Waals surface area contributed by atoms with Crippen molar-refractivity contribution in [1.29, 1.82) is 0 Å². The number of aliphatic imine (C=N–C) groups is 1. The van der Waals surface area contributed by atoms with E-state index in [0.717, 1.165) is 16.7 Å². The molecular weight excluding hydrogens is 560 g/mol. The molecule has 0 aliphatic carbocycles. The summed E-state index contributed by atoms with van der Waals surface area (Å²) < 4.78 is 1.47. The third-order valence-corrected chi connectivity index (χ3v) is 7.99. The molecule has 10 heteroatoms. The van der Waals surface area contributed by atoms with Crippen molar-refractivity contribution in [2.24, 2.45) is 12.0 Å². The van der Waals surface area contributed by atoms with Crippen molar-refractivity contribution < 1.29 is 9.59 Å². The van der Waals surface area contributed by atoms with Gasteiger partial charge in [-0.2, -0.15) is 0 Å². The van der Waals surface area contributed by atoms with Crippen molar-refractivity contribution >= 4 is 52.0 Å². The number of aromatic nitrogens is 2. The third kappa shape index (κ3) is 6.86. The number of rotatable bonds is 7. The van der Waals surface area contributed by atoms with Crippen molar-refractivity contribution in [1.82, 2.24) is 9.55 Å². The highest BCUT2D eigenvalue weighted by molar-refractivity contribution is 8.12. The molecule has 1 unspecified atom stereocenters.